The van der Waals surface area contributed by atoms with E-state index in [-0.39, 0.29) is 30.4 Å². The standard InChI is InChI=1S/C27H25N5O4/c1-18(33)23-15-22(30-32(23)21-8-4-3-5-9-21)27(34)29-19-11-12-24(35-2)25(14-19)36-17-20-16-31-13-7-6-10-26(31)28-20/h3-14,16,23H,15,17H2,1-2H3,(H,29,34). The van der Waals surface area contributed by atoms with Crippen molar-refractivity contribution >= 4 is 34.4 Å². The highest BCUT2D eigenvalue weighted by atomic mass is 16.5. The number of hydrazone groups is 1. The quantitative estimate of drug-likeness (QED) is 0.406. The maximum Gasteiger partial charge on any atom is 0.271 e. The molecule has 1 aliphatic heterocycles. The van der Waals surface area contributed by atoms with Crippen molar-refractivity contribution in [3.05, 3.63) is 84.8 Å². The summed E-state index contributed by atoms with van der Waals surface area (Å²) >= 11 is 0. The molecule has 1 unspecified atom stereocenters. The van der Waals surface area contributed by atoms with Crippen LogP contribution in [-0.2, 0) is 16.2 Å². The maximum atomic E-state index is 13.0. The highest BCUT2D eigenvalue weighted by molar-refractivity contribution is 6.44. The number of fused-ring (bicyclic) bond motifs is 1. The van der Waals surface area contributed by atoms with E-state index in [0.717, 1.165) is 17.0 Å². The number of ketones is 1. The Hall–Kier alpha value is -4.66. The number of nitrogens with one attached hydrogen (secondary N) is 1. The number of carbonyl (C=O) groups is 2. The molecule has 1 amide bonds. The van der Waals surface area contributed by atoms with Gasteiger partial charge in [0.15, 0.2) is 17.3 Å². The predicted molar refractivity (Wildman–Crippen MR) is 137 cm³/mol. The summed E-state index contributed by atoms with van der Waals surface area (Å²) in [6.07, 6.45) is 4.04. The maximum absolute atomic E-state index is 13.0. The fourth-order valence-electron chi connectivity index (χ4n) is 4.06. The zero-order valence-electron chi connectivity index (χ0n) is 19.9. The molecular weight excluding hydrogens is 458 g/mol. The van der Waals surface area contributed by atoms with Crippen molar-refractivity contribution in [3.63, 3.8) is 0 Å². The molecule has 9 nitrogen and oxygen atoms in total. The van der Waals surface area contributed by atoms with Gasteiger partial charge in [0, 0.05) is 30.6 Å². The summed E-state index contributed by atoms with van der Waals surface area (Å²) in [4.78, 5) is 29.8. The second-order valence-corrected chi connectivity index (χ2v) is 8.36. The number of carbonyl (C=O) groups excluding carboxylic acids is 2. The average molecular weight is 484 g/mol. The van der Waals surface area contributed by atoms with Crippen molar-refractivity contribution in [2.75, 3.05) is 17.4 Å². The van der Waals surface area contributed by atoms with Gasteiger partial charge in [-0.3, -0.25) is 14.6 Å². The number of pyridine rings is 1. The molecule has 0 spiro atoms. The molecule has 0 saturated heterocycles. The monoisotopic (exact) mass is 483 g/mol. The van der Waals surface area contributed by atoms with Crippen LogP contribution in [-0.4, -0.2) is 39.9 Å². The van der Waals surface area contributed by atoms with E-state index in [9.17, 15) is 9.59 Å². The van der Waals surface area contributed by atoms with Crippen LogP contribution in [0, 0.1) is 0 Å². The molecule has 36 heavy (non-hydrogen) atoms. The first-order valence-corrected chi connectivity index (χ1v) is 11.5. The molecule has 0 radical (unpaired) electrons. The van der Waals surface area contributed by atoms with Crippen LogP contribution in [0.4, 0.5) is 11.4 Å². The number of hydrogen-bond donors (Lipinski definition) is 1. The Morgan fingerprint density at radius 1 is 1.06 bits per heavy atom. The largest absolute Gasteiger partial charge is 0.493 e. The third kappa shape index (κ3) is 4.76. The van der Waals surface area contributed by atoms with Gasteiger partial charge >= 0.3 is 0 Å². The van der Waals surface area contributed by atoms with E-state index in [2.05, 4.69) is 15.4 Å². The zero-order chi connectivity index (χ0) is 25.1. The molecule has 1 N–H and O–H groups in total. The van der Waals surface area contributed by atoms with Crippen molar-refractivity contribution in [2.24, 2.45) is 5.10 Å². The first-order valence-electron chi connectivity index (χ1n) is 11.5. The van der Waals surface area contributed by atoms with Crippen LogP contribution in [0.2, 0.25) is 0 Å². The van der Waals surface area contributed by atoms with Crippen LogP contribution >= 0.6 is 0 Å². The Balaban J connectivity index is 1.31. The number of Topliss-reactive ketones (excluding diaryl/α,β-unsaturated/α-hetero) is 1. The van der Waals surface area contributed by atoms with Gasteiger partial charge < -0.3 is 19.2 Å². The van der Waals surface area contributed by atoms with Crippen LogP contribution < -0.4 is 19.8 Å². The number of rotatable bonds is 8. The van der Waals surface area contributed by atoms with E-state index in [1.807, 2.05) is 65.3 Å². The number of methoxy groups -OCH3 is 1. The lowest BCUT2D eigenvalue weighted by molar-refractivity contribution is -0.118. The molecular formula is C27H25N5O4. The second-order valence-electron chi connectivity index (χ2n) is 8.36. The Labute approximate surface area is 208 Å². The van der Waals surface area contributed by atoms with Gasteiger partial charge in [0.1, 0.15) is 24.0 Å². The zero-order valence-corrected chi connectivity index (χ0v) is 19.9. The minimum Gasteiger partial charge on any atom is -0.493 e. The number of nitrogens with zero attached hydrogens (tertiary/aromatic N) is 4. The Kier molecular flexibility index (Phi) is 6.36. The van der Waals surface area contributed by atoms with Gasteiger partial charge in [-0.25, -0.2) is 4.98 Å². The number of para-hydroxylation sites is 1. The highest BCUT2D eigenvalue weighted by Gasteiger charge is 2.34. The van der Waals surface area contributed by atoms with E-state index >= 15 is 0 Å². The summed E-state index contributed by atoms with van der Waals surface area (Å²) in [6, 6.07) is 19.7. The fourth-order valence-corrected chi connectivity index (χ4v) is 4.06. The van der Waals surface area contributed by atoms with Gasteiger partial charge in [-0.1, -0.05) is 24.3 Å². The van der Waals surface area contributed by atoms with Crippen molar-refractivity contribution in [3.8, 4) is 11.5 Å². The first kappa shape index (κ1) is 23.1. The number of ether oxygens (including phenoxy) is 2. The lowest BCUT2D eigenvalue weighted by atomic mass is 10.1. The fraction of sp³-hybridized carbons (Fsp3) is 0.185. The van der Waals surface area contributed by atoms with Crippen molar-refractivity contribution in [2.45, 2.75) is 26.0 Å². The third-order valence-corrected chi connectivity index (χ3v) is 5.87. The lowest BCUT2D eigenvalue weighted by Crippen LogP contribution is -2.33. The van der Waals surface area contributed by atoms with Gasteiger partial charge in [-0.2, -0.15) is 5.10 Å². The number of amides is 1. The minimum atomic E-state index is -0.520. The molecule has 0 bridgehead atoms. The number of anilines is 2. The predicted octanol–water partition coefficient (Wildman–Crippen LogP) is 4.08. The molecule has 0 saturated carbocycles. The molecule has 182 valence electrons. The molecule has 5 rings (SSSR count). The van der Waals surface area contributed by atoms with Gasteiger partial charge in [0.25, 0.3) is 5.91 Å². The molecule has 2 aromatic heterocycles. The number of hydrogen-bond acceptors (Lipinski definition) is 7. The normalized spacial score (nSPS) is 15.0. The first-order chi connectivity index (χ1) is 17.5. The van der Waals surface area contributed by atoms with E-state index < -0.39 is 6.04 Å². The molecule has 0 fully saturated rings. The smallest absolute Gasteiger partial charge is 0.271 e. The molecule has 2 aromatic carbocycles. The summed E-state index contributed by atoms with van der Waals surface area (Å²) in [7, 11) is 1.55. The van der Waals surface area contributed by atoms with E-state index in [1.165, 1.54) is 6.92 Å². The van der Waals surface area contributed by atoms with E-state index in [0.29, 0.717) is 17.2 Å². The van der Waals surface area contributed by atoms with Gasteiger partial charge in [0.05, 0.1) is 18.5 Å². The molecule has 0 aliphatic carbocycles. The topological polar surface area (TPSA) is 97.5 Å². The summed E-state index contributed by atoms with van der Waals surface area (Å²) in [6.45, 7) is 1.74. The SMILES string of the molecule is COc1ccc(NC(=O)C2=NN(c3ccccc3)C(C(C)=O)C2)cc1OCc1cn2ccccc2n1. The Morgan fingerprint density at radius 2 is 1.86 bits per heavy atom. The number of imidazole rings is 1. The number of benzene rings is 2. The Morgan fingerprint density at radius 3 is 2.61 bits per heavy atom. The van der Waals surface area contributed by atoms with E-state index in [1.54, 1.807) is 30.3 Å². The average Bonchev–Trinajstić information content (AvgIpc) is 3.53. The molecule has 3 heterocycles. The van der Waals surface area contributed by atoms with E-state index in [4.69, 9.17) is 9.47 Å². The Bertz CT molecular complexity index is 1410. The van der Waals surface area contributed by atoms with Crippen molar-refractivity contribution in [1.82, 2.24) is 9.38 Å². The van der Waals surface area contributed by atoms with Crippen LogP contribution in [0.5, 0.6) is 11.5 Å². The van der Waals surface area contributed by atoms with Crippen LogP contribution in [0.25, 0.3) is 5.65 Å². The van der Waals surface area contributed by atoms with Crippen LogP contribution in [0.3, 0.4) is 0 Å². The van der Waals surface area contributed by atoms with Crippen molar-refractivity contribution < 1.29 is 19.1 Å². The summed E-state index contributed by atoms with van der Waals surface area (Å²) < 4.78 is 13.3. The molecule has 1 aliphatic rings. The van der Waals surface area contributed by atoms with Crippen LogP contribution in [0.1, 0.15) is 19.0 Å². The lowest BCUT2D eigenvalue weighted by Gasteiger charge is -2.20. The van der Waals surface area contributed by atoms with Gasteiger partial charge in [0.2, 0.25) is 0 Å². The number of aromatic nitrogens is 2. The second kappa shape index (κ2) is 9.91. The summed E-state index contributed by atoms with van der Waals surface area (Å²) in [5.74, 6) is 0.559. The summed E-state index contributed by atoms with van der Waals surface area (Å²) in [5, 5.41) is 8.93. The summed E-state index contributed by atoms with van der Waals surface area (Å²) in [5.41, 5.74) is 3.14. The molecule has 9 heteroatoms. The molecule has 1 atom stereocenters. The third-order valence-electron chi connectivity index (χ3n) is 5.87. The molecule has 4 aromatic rings. The van der Waals surface area contributed by atoms with Crippen LogP contribution in [0.15, 0.2) is 84.2 Å². The van der Waals surface area contributed by atoms with Crippen molar-refractivity contribution in [1.29, 1.82) is 0 Å². The van der Waals surface area contributed by atoms with Gasteiger partial charge in [-0.15, -0.1) is 0 Å². The minimum absolute atomic E-state index is 0.0579. The highest BCUT2D eigenvalue weighted by Crippen LogP contribution is 2.31. The van der Waals surface area contributed by atoms with Gasteiger partial charge in [-0.05, 0) is 43.3 Å².